The van der Waals surface area contributed by atoms with E-state index in [1.807, 2.05) is 0 Å². The average molecular weight is 305 g/mol. The van der Waals surface area contributed by atoms with Crippen molar-refractivity contribution in [1.82, 2.24) is 5.32 Å². The number of aryl methyl sites for hydroxylation is 1. The fourth-order valence-electron chi connectivity index (χ4n) is 3.32. The molecule has 0 spiro atoms. The Morgan fingerprint density at radius 3 is 2.17 bits per heavy atom. The smallest absolute Gasteiger partial charge is 0.00463 e. The standard InChI is InChI=1S/C22H27N/c1-2-5-19(6-3-1)9-12-22-13-10-20(11-14-22)7-4-8-21-15-17-23-18-16-21/h1-3,5-6,9-14,21,23H,4,7-8,15-18H2/b12-9+. The molecule has 23 heavy (non-hydrogen) atoms. The summed E-state index contributed by atoms with van der Waals surface area (Å²) in [5.74, 6) is 0.948. The minimum absolute atomic E-state index is 0.948. The van der Waals surface area contributed by atoms with Crippen molar-refractivity contribution < 1.29 is 0 Å². The van der Waals surface area contributed by atoms with Crippen molar-refractivity contribution in [1.29, 1.82) is 0 Å². The van der Waals surface area contributed by atoms with Crippen molar-refractivity contribution in [3.8, 4) is 0 Å². The molecule has 1 heterocycles. The number of hydrogen-bond donors (Lipinski definition) is 1. The minimum atomic E-state index is 0.948. The van der Waals surface area contributed by atoms with Crippen LogP contribution in [0.3, 0.4) is 0 Å². The van der Waals surface area contributed by atoms with Crippen molar-refractivity contribution in [3.63, 3.8) is 0 Å². The van der Waals surface area contributed by atoms with Crippen LogP contribution in [0.15, 0.2) is 54.6 Å². The summed E-state index contributed by atoms with van der Waals surface area (Å²) in [5, 5.41) is 3.45. The van der Waals surface area contributed by atoms with Gasteiger partial charge in [-0.25, -0.2) is 0 Å². The second-order valence-corrected chi connectivity index (χ2v) is 6.57. The van der Waals surface area contributed by atoms with Gasteiger partial charge in [0.2, 0.25) is 0 Å². The molecule has 1 heteroatoms. The van der Waals surface area contributed by atoms with Gasteiger partial charge in [-0.2, -0.15) is 0 Å². The molecule has 0 aliphatic carbocycles. The van der Waals surface area contributed by atoms with Gasteiger partial charge in [0.15, 0.2) is 0 Å². The average Bonchev–Trinajstić information content (AvgIpc) is 2.63. The van der Waals surface area contributed by atoms with Gasteiger partial charge in [0.05, 0.1) is 0 Å². The van der Waals surface area contributed by atoms with E-state index in [-0.39, 0.29) is 0 Å². The zero-order chi connectivity index (χ0) is 15.7. The van der Waals surface area contributed by atoms with Crippen LogP contribution in [0.4, 0.5) is 0 Å². The molecule has 2 aromatic rings. The Morgan fingerprint density at radius 2 is 1.48 bits per heavy atom. The lowest BCUT2D eigenvalue weighted by Gasteiger charge is -2.22. The lowest BCUT2D eigenvalue weighted by Crippen LogP contribution is -2.27. The van der Waals surface area contributed by atoms with Crippen molar-refractivity contribution in [2.45, 2.75) is 32.1 Å². The fourth-order valence-corrected chi connectivity index (χ4v) is 3.32. The highest BCUT2D eigenvalue weighted by Gasteiger charge is 2.12. The molecule has 1 saturated heterocycles. The number of nitrogens with one attached hydrogen (secondary N) is 1. The maximum Gasteiger partial charge on any atom is -0.00463 e. The summed E-state index contributed by atoms with van der Waals surface area (Å²) >= 11 is 0. The van der Waals surface area contributed by atoms with E-state index in [4.69, 9.17) is 0 Å². The number of rotatable bonds is 6. The molecular weight excluding hydrogens is 278 g/mol. The van der Waals surface area contributed by atoms with Crippen LogP contribution in [-0.4, -0.2) is 13.1 Å². The van der Waals surface area contributed by atoms with Crippen LogP contribution in [0.2, 0.25) is 0 Å². The lowest BCUT2D eigenvalue weighted by atomic mass is 9.91. The first-order valence-electron chi connectivity index (χ1n) is 8.93. The molecule has 1 nitrogen and oxygen atoms in total. The molecular formula is C22H27N. The molecule has 0 amide bonds. The molecule has 1 N–H and O–H groups in total. The largest absolute Gasteiger partial charge is 0.317 e. The van der Waals surface area contributed by atoms with Crippen LogP contribution < -0.4 is 5.32 Å². The molecule has 0 saturated carbocycles. The third kappa shape index (κ3) is 5.37. The summed E-state index contributed by atoms with van der Waals surface area (Å²) < 4.78 is 0. The van der Waals surface area contributed by atoms with Gasteiger partial charge >= 0.3 is 0 Å². The van der Waals surface area contributed by atoms with Gasteiger partial charge in [0, 0.05) is 0 Å². The van der Waals surface area contributed by atoms with E-state index in [9.17, 15) is 0 Å². The minimum Gasteiger partial charge on any atom is -0.317 e. The molecule has 3 rings (SSSR count). The van der Waals surface area contributed by atoms with E-state index in [0.29, 0.717) is 0 Å². The van der Waals surface area contributed by atoms with Crippen LogP contribution >= 0.6 is 0 Å². The van der Waals surface area contributed by atoms with Crippen LogP contribution in [0.25, 0.3) is 12.2 Å². The van der Waals surface area contributed by atoms with Crippen molar-refractivity contribution in [3.05, 3.63) is 71.3 Å². The highest BCUT2D eigenvalue weighted by molar-refractivity contribution is 5.69. The fraction of sp³-hybridized carbons (Fsp3) is 0.364. The lowest BCUT2D eigenvalue weighted by molar-refractivity contribution is 0.347. The maximum atomic E-state index is 3.45. The first-order chi connectivity index (χ1) is 11.4. The predicted octanol–water partition coefficient (Wildman–Crippen LogP) is 5.18. The van der Waals surface area contributed by atoms with E-state index in [1.165, 1.54) is 61.9 Å². The molecule has 0 atom stereocenters. The Bertz CT molecular complexity index is 592. The molecule has 0 aromatic heterocycles. The monoisotopic (exact) mass is 305 g/mol. The summed E-state index contributed by atoms with van der Waals surface area (Å²) in [4.78, 5) is 0. The Balaban J connectivity index is 1.46. The maximum absolute atomic E-state index is 3.45. The van der Waals surface area contributed by atoms with E-state index in [2.05, 4.69) is 72.1 Å². The summed E-state index contributed by atoms with van der Waals surface area (Å²) in [5.41, 5.74) is 3.99. The van der Waals surface area contributed by atoms with Gasteiger partial charge < -0.3 is 5.32 Å². The number of benzene rings is 2. The zero-order valence-corrected chi connectivity index (χ0v) is 13.9. The molecule has 0 radical (unpaired) electrons. The molecule has 2 aromatic carbocycles. The van der Waals surface area contributed by atoms with Crippen molar-refractivity contribution in [2.75, 3.05) is 13.1 Å². The Kier molecular flexibility index (Phi) is 6.05. The van der Waals surface area contributed by atoms with Crippen LogP contribution in [-0.2, 0) is 6.42 Å². The number of piperidine rings is 1. The van der Waals surface area contributed by atoms with Gasteiger partial charge in [-0.1, -0.05) is 73.2 Å². The van der Waals surface area contributed by atoms with Crippen LogP contribution in [0.1, 0.15) is 42.4 Å². The third-order valence-corrected chi connectivity index (χ3v) is 4.78. The Hall–Kier alpha value is -1.86. The van der Waals surface area contributed by atoms with Gasteiger partial charge in [0.25, 0.3) is 0 Å². The second kappa shape index (κ2) is 8.69. The van der Waals surface area contributed by atoms with Gasteiger partial charge in [-0.05, 0) is 61.4 Å². The highest BCUT2D eigenvalue weighted by Crippen LogP contribution is 2.19. The highest BCUT2D eigenvalue weighted by atomic mass is 14.9. The quantitative estimate of drug-likeness (QED) is 0.725. The Labute approximate surface area is 140 Å². The van der Waals surface area contributed by atoms with E-state index >= 15 is 0 Å². The predicted molar refractivity (Wildman–Crippen MR) is 100 cm³/mol. The molecule has 1 aliphatic rings. The molecule has 1 aliphatic heterocycles. The van der Waals surface area contributed by atoms with E-state index < -0.39 is 0 Å². The molecule has 0 unspecified atom stereocenters. The first kappa shape index (κ1) is 16.0. The summed E-state index contributed by atoms with van der Waals surface area (Å²) in [6.07, 6.45) is 11.0. The van der Waals surface area contributed by atoms with E-state index in [1.54, 1.807) is 0 Å². The number of hydrogen-bond acceptors (Lipinski definition) is 1. The summed E-state index contributed by atoms with van der Waals surface area (Å²) in [7, 11) is 0. The molecule has 1 fully saturated rings. The van der Waals surface area contributed by atoms with Crippen LogP contribution in [0, 0.1) is 5.92 Å². The Morgan fingerprint density at radius 1 is 0.826 bits per heavy atom. The van der Waals surface area contributed by atoms with Crippen molar-refractivity contribution in [2.24, 2.45) is 5.92 Å². The third-order valence-electron chi connectivity index (χ3n) is 4.78. The normalized spacial score (nSPS) is 16.0. The van der Waals surface area contributed by atoms with E-state index in [0.717, 1.165) is 5.92 Å². The van der Waals surface area contributed by atoms with Gasteiger partial charge in [0.1, 0.15) is 0 Å². The van der Waals surface area contributed by atoms with Gasteiger partial charge in [-0.15, -0.1) is 0 Å². The van der Waals surface area contributed by atoms with Crippen LogP contribution in [0.5, 0.6) is 0 Å². The van der Waals surface area contributed by atoms with Crippen molar-refractivity contribution >= 4 is 12.2 Å². The molecule has 120 valence electrons. The molecule has 0 bridgehead atoms. The first-order valence-corrected chi connectivity index (χ1v) is 8.93. The SMILES string of the molecule is C(=C\c1ccc(CCCC2CCNCC2)cc1)/c1ccccc1. The zero-order valence-electron chi connectivity index (χ0n) is 13.9. The second-order valence-electron chi connectivity index (χ2n) is 6.57. The summed E-state index contributed by atoms with van der Waals surface area (Å²) in [6.45, 7) is 2.43. The summed E-state index contributed by atoms with van der Waals surface area (Å²) in [6, 6.07) is 19.5. The topological polar surface area (TPSA) is 12.0 Å². The van der Waals surface area contributed by atoms with Gasteiger partial charge in [-0.3, -0.25) is 0 Å².